The van der Waals surface area contributed by atoms with Crippen LogP contribution in [0.5, 0.6) is 0 Å². The van der Waals surface area contributed by atoms with Crippen molar-refractivity contribution in [2.24, 2.45) is 0 Å². The summed E-state index contributed by atoms with van der Waals surface area (Å²) < 4.78 is 3.11. The Hall–Kier alpha value is -2.51. The van der Waals surface area contributed by atoms with Crippen LogP contribution in [0.25, 0.3) is 20.7 Å². The second-order valence-corrected chi connectivity index (χ2v) is 8.12. The van der Waals surface area contributed by atoms with Crippen molar-refractivity contribution >= 4 is 39.0 Å². The van der Waals surface area contributed by atoms with Crippen molar-refractivity contribution in [3.63, 3.8) is 0 Å². The molecule has 0 radical (unpaired) electrons. The van der Waals surface area contributed by atoms with E-state index in [4.69, 9.17) is 11.6 Å². The highest BCUT2D eigenvalue weighted by Gasteiger charge is 2.24. The van der Waals surface area contributed by atoms with E-state index in [0.29, 0.717) is 6.04 Å². The number of anilines is 1. The maximum atomic E-state index is 6.02. The molecule has 1 fully saturated rings. The Bertz CT molecular complexity index is 1050. The normalized spacial score (nSPS) is 15.5. The topological polar surface area (TPSA) is 59.7 Å². The molecule has 1 saturated heterocycles. The molecule has 4 aromatic rings. The van der Waals surface area contributed by atoms with Crippen LogP contribution in [0.15, 0.2) is 49.1 Å². The van der Waals surface area contributed by atoms with Gasteiger partial charge in [-0.05, 0) is 36.6 Å². The molecule has 4 heterocycles. The van der Waals surface area contributed by atoms with E-state index in [-0.39, 0.29) is 0 Å². The molecule has 0 bridgehead atoms. The summed E-state index contributed by atoms with van der Waals surface area (Å²) in [7, 11) is 0. The molecule has 1 aliphatic heterocycles. The molecule has 1 aliphatic rings. The van der Waals surface area contributed by atoms with Gasteiger partial charge in [0.15, 0.2) is 0 Å². The number of piperidine rings is 1. The second kappa shape index (κ2) is 6.90. The Morgan fingerprint density at radius 1 is 1.07 bits per heavy atom. The highest BCUT2D eigenvalue weighted by Crippen LogP contribution is 2.38. The van der Waals surface area contributed by atoms with E-state index in [1.807, 2.05) is 35.1 Å². The smallest absolute Gasteiger partial charge is 0.150 e. The number of halogens is 1. The van der Waals surface area contributed by atoms with Gasteiger partial charge in [0.2, 0.25) is 0 Å². The summed E-state index contributed by atoms with van der Waals surface area (Å²) >= 11 is 7.76. The number of hydrogen-bond donors (Lipinski definition) is 0. The fourth-order valence-corrected chi connectivity index (χ4v) is 4.84. The van der Waals surface area contributed by atoms with E-state index in [9.17, 15) is 0 Å². The Balaban J connectivity index is 1.43. The van der Waals surface area contributed by atoms with Gasteiger partial charge in [-0.25, -0.2) is 14.6 Å². The third-order valence-corrected chi connectivity index (χ3v) is 6.42. The third kappa shape index (κ3) is 3.17. The standard InChI is InChI=1S/C19H17ClN6S/c20-14-3-1-13(2-4-14)17-11-16-18(27-17)19(22-12-21-16)25-8-5-15(6-9-25)26-10-7-23-24-26/h1-4,7,10-12,15H,5-6,8-9H2. The van der Waals surface area contributed by atoms with E-state index in [2.05, 4.69) is 31.2 Å². The lowest BCUT2D eigenvalue weighted by atomic mass is 10.1. The van der Waals surface area contributed by atoms with E-state index in [0.717, 1.165) is 52.6 Å². The number of nitrogens with zero attached hydrogens (tertiary/aromatic N) is 6. The molecule has 0 saturated carbocycles. The summed E-state index contributed by atoms with van der Waals surface area (Å²) in [5.74, 6) is 1.03. The maximum Gasteiger partial charge on any atom is 0.150 e. The molecule has 0 atom stereocenters. The summed E-state index contributed by atoms with van der Waals surface area (Å²) in [6.45, 7) is 1.90. The van der Waals surface area contributed by atoms with Gasteiger partial charge in [0.25, 0.3) is 0 Å². The molecule has 5 rings (SSSR count). The molecule has 0 aliphatic carbocycles. The largest absolute Gasteiger partial charge is 0.355 e. The minimum absolute atomic E-state index is 0.411. The van der Waals surface area contributed by atoms with Crippen molar-refractivity contribution in [1.82, 2.24) is 25.0 Å². The van der Waals surface area contributed by atoms with Gasteiger partial charge in [0.05, 0.1) is 22.5 Å². The highest BCUT2D eigenvalue weighted by atomic mass is 35.5. The average Bonchev–Trinajstić information content (AvgIpc) is 3.38. The molecule has 3 aromatic heterocycles. The van der Waals surface area contributed by atoms with Gasteiger partial charge in [-0.1, -0.05) is 28.9 Å². The number of fused-ring (bicyclic) bond motifs is 1. The monoisotopic (exact) mass is 396 g/mol. The van der Waals surface area contributed by atoms with Crippen molar-refractivity contribution in [1.29, 1.82) is 0 Å². The highest BCUT2D eigenvalue weighted by molar-refractivity contribution is 7.22. The molecule has 27 heavy (non-hydrogen) atoms. The molecule has 136 valence electrons. The number of thiophene rings is 1. The van der Waals surface area contributed by atoms with Crippen LogP contribution < -0.4 is 4.90 Å². The molecule has 6 nitrogen and oxygen atoms in total. The predicted molar refractivity (Wildman–Crippen MR) is 108 cm³/mol. The van der Waals surface area contributed by atoms with Crippen LogP contribution in [0, 0.1) is 0 Å². The van der Waals surface area contributed by atoms with Gasteiger partial charge >= 0.3 is 0 Å². The molecule has 0 spiro atoms. The zero-order chi connectivity index (χ0) is 18.2. The lowest BCUT2D eigenvalue weighted by molar-refractivity contribution is 0.359. The molecular weight excluding hydrogens is 380 g/mol. The summed E-state index contributed by atoms with van der Waals surface area (Å²) in [5, 5.41) is 8.82. The fraction of sp³-hybridized carbons (Fsp3) is 0.263. The maximum absolute atomic E-state index is 6.02. The molecule has 0 amide bonds. The van der Waals surface area contributed by atoms with Crippen molar-refractivity contribution in [2.75, 3.05) is 18.0 Å². The number of aromatic nitrogens is 5. The van der Waals surface area contributed by atoms with Crippen LogP contribution in [0.1, 0.15) is 18.9 Å². The first-order valence-electron chi connectivity index (χ1n) is 8.89. The quantitative estimate of drug-likeness (QED) is 0.512. The molecule has 0 unspecified atom stereocenters. The molecular formula is C19H17ClN6S. The zero-order valence-electron chi connectivity index (χ0n) is 14.5. The van der Waals surface area contributed by atoms with Crippen LogP contribution in [0.2, 0.25) is 5.02 Å². The van der Waals surface area contributed by atoms with Gasteiger partial charge in [-0.15, -0.1) is 16.4 Å². The van der Waals surface area contributed by atoms with Crippen molar-refractivity contribution < 1.29 is 0 Å². The van der Waals surface area contributed by atoms with E-state index in [1.54, 1.807) is 23.9 Å². The van der Waals surface area contributed by atoms with Gasteiger partial charge in [0.1, 0.15) is 12.1 Å². The lowest BCUT2D eigenvalue weighted by Gasteiger charge is -2.32. The van der Waals surface area contributed by atoms with Crippen molar-refractivity contribution in [3.8, 4) is 10.4 Å². The first-order valence-corrected chi connectivity index (χ1v) is 10.1. The first-order chi connectivity index (χ1) is 13.3. The summed E-state index contributed by atoms with van der Waals surface area (Å²) in [5.41, 5.74) is 2.14. The Kier molecular flexibility index (Phi) is 4.26. The van der Waals surface area contributed by atoms with Crippen LogP contribution >= 0.6 is 22.9 Å². The molecule has 1 aromatic carbocycles. The van der Waals surface area contributed by atoms with Crippen molar-refractivity contribution in [3.05, 3.63) is 54.1 Å². The number of benzene rings is 1. The Labute approximate surface area is 165 Å². The van der Waals surface area contributed by atoms with E-state index >= 15 is 0 Å². The summed E-state index contributed by atoms with van der Waals surface area (Å²) in [4.78, 5) is 12.6. The molecule has 0 N–H and O–H groups in total. The third-order valence-electron chi connectivity index (χ3n) is 5.00. The second-order valence-electron chi connectivity index (χ2n) is 6.63. The van der Waals surface area contributed by atoms with Gasteiger partial charge in [-0.2, -0.15) is 0 Å². The SMILES string of the molecule is Clc1ccc(-c2cc3ncnc(N4CCC(n5ccnn5)CC4)c3s2)cc1. The number of hydrogen-bond acceptors (Lipinski definition) is 6. The number of rotatable bonds is 3. The molecule has 8 heteroatoms. The average molecular weight is 397 g/mol. The van der Waals surface area contributed by atoms with E-state index < -0.39 is 0 Å². The predicted octanol–water partition coefficient (Wildman–Crippen LogP) is 4.44. The van der Waals surface area contributed by atoms with Crippen molar-refractivity contribution in [2.45, 2.75) is 18.9 Å². The Morgan fingerprint density at radius 2 is 1.89 bits per heavy atom. The van der Waals surface area contributed by atoms with Crippen LogP contribution in [-0.4, -0.2) is 38.1 Å². The van der Waals surface area contributed by atoms with Gasteiger partial charge in [-0.3, -0.25) is 0 Å². The fourth-order valence-electron chi connectivity index (χ4n) is 3.58. The van der Waals surface area contributed by atoms with E-state index in [1.165, 1.54) is 4.88 Å². The minimum Gasteiger partial charge on any atom is -0.355 e. The lowest BCUT2D eigenvalue weighted by Crippen LogP contribution is -2.35. The van der Waals surface area contributed by atoms with Crippen LogP contribution in [0.4, 0.5) is 5.82 Å². The zero-order valence-corrected chi connectivity index (χ0v) is 16.1. The van der Waals surface area contributed by atoms with Gasteiger partial charge in [0, 0.05) is 29.2 Å². The van der Waals surface area contributed by atoms with Crippen LogP contribution in [-0.2, 0) is 0 Å². The summed E-state index contributed by atoms with van der Waals surface area (Å²) in [6, 6.07) is 10.5. The Morgan fingerprint density at radius 3 is 2.63 bits per heavy atom. The first kappa shape index (κ1) is 16.6. The summed E-state index contributed by atoms with van der Waals surface area (Å²) in [6.07, 6.45) is 7.42. The minimum atomic E-state index is 0.411. The van der Waals surface area contributed by atoms with Gasteiger partial charge < -0.3 is 4.90 Å². The van der Waals surface area contributed by atoms with Crippen LogP contribution in [0.3, 0.4) is 0 Å².